The highest BCUT2D eigenvalue weighted by atomic mass is 16.5. The van der Waals surface area contributed by atoms with Crippen LogP contribution in [0.4, 0.5) is 0 Å². The van der Waals surface area contributed by atoms with Gasteiger partial charge in [-0.1, -0.05) is 18.2 Å². The molecule has 5 heteroatoms. The lowest BCUT2D eigenvalue weighted by molar-refractivity contribution is -0.117. The Hall–Kier alpha value is -2.56. The maximum atomic E-state index is 12.1. The van der Waals surface area contributed by atoms with Crippen molar-refractivity contribution in [1.29, 1.82) is 0 Å². The second-order valence-corrected chi connectivity index (χ2v) is 4.87. The summed E-state index contributed by atoms with van der Waals surface area (Å²) in [6.07, 6.45) is 6.40. The van der Waals surface area contributed by atoms with Gasteiger partial charge in [-0.05, 0) is 24.6 Å². The molecular weight excluding hydrogens is 266 g/mol. The van der Waals surface area contributed by atoms with Crippen LogP contribution >= 0.6 is 0 Å². The number of hydrogen-bond donors (Lipinski definition) is 1. The van der Waals surface area contributed by atoms with Gasteiger partial charge in [0.1, 0.15) is 12.4 Å². The molecule has 0 saturated carbocycles. The number of nitrogens with zero attached hydrogens (tertiary/aromatic N) is 2. The van der Waals surface area contributed by atoms with Gasteiger partial charge in [-0.25, -0.2) is 0 Å². The molecule has 1 N–H and O–H groups in total. The third kappa shape index (κ3) is 3.31. The van der Waals surface area contributed by atoms with E-state index in [4.69, 9.17) is 4.74 Å². The van der Waals surface area contributed by atoms with Gasteiger partial charge in [-0.2, -0.15) is 5.10 Å². The predicted molar refractivity (Wildman–Crippen MR) is 79.8 cm³/mol. The highest BCUT2D eigenvalue weighted by Gasteiger charge is 2.16. The van der Waals surface area contributed by atoms with Crippen LogP contribution in [-0.2, 0) is 11.3 Å². The highest BCUT2D eigenvalue weighted by Crippen LogP contribution is 2.25. The molecule has 1 aliphatic rings. The molecule has 1 amide bonds. The first kappa shape index (κ1) is 13.4. The lowest BCUT2D eigenvalue weighted by Crippen LogP contribution is -2.29. The molecule has 108 valence electrons. The van der Waals surface area contributed by atoms with E-state index in [0.29, 0.717) is 18.7 Å². The zero-order valence-electron chi connectivity index (χ0n) is 11.7. The smallest absolute Gasteiger partial charge is 0.250 e. The lowest BCUT2D eigenvalue weighted by Gasteiger charge is -2.17. The number of aryl methyl sites for hydroxylation is 1. The number of hydrogen-bond acceptors (Lipinski definition) is 3. The van der Waals surface area contributed by atoms with Crippen LogP contribution in [0.1, 0.15) is 12.0 Å². The van der Waals surface area contributed by atoms with Crippen molar-refractivity contribution in [3.63, 3.8) is 0 Å². The monoisotopic (exact) mass is 283 g/mol. The maximum Gasteiger partial charge on any atom is 0.250 e. The number of benzene rings is 1. The summed E-state index contributed by atoms with van der Waals surface area (Å²) in [5, 5.41) is 7.04. The van der Waals surface area contributed by atoms with Crippen molar-refractivity contribution in [3.05, 3.63) is 53.9 Å². The third-order valence-corrected chi connectivity index (χ3v) is 3.33. The van der Waals surface area contributed by atoms with Gasteiger partial charge in [0.05, 0.1) is 5.57 Å². The Kier molecular flexibility index (Phi) is 4.00. The Morgan fingerprint density at radius 2 is 2.24 bits per heavy atom. The van der Waals surface area contributed by atoms with E-state index in [1.54, 1.807) is 6.20 Å². The second-order valence-electron chi connectivity index (χ2n) is 4.87. The summed E-state index contributed by atoms with van der Waals surface area (Å²) >= 11 is 0. The number of rotatable bonds is 5. The van der Waals surface area contributed by atoms with Crippen LogP contribution in [0.15, 0.2) is 48.3 Å². The third-order valence-electron chi connectivity index (χ3n) is 3.33. The minimum atomic E-state index is -0.0648. The molecule has 0 bridgehead atoms. The first-order valence-corrected chi connectivity index (χ1v) is 7.01. The Balaban J connectivity index is 1.51. The Morgan fingerprint density at radius 1 is 1.33 bits per heavy atom. The lowest BCUT2D eigenvalue weighted by atomic mass is 10.1. The quantitative estimate of drug-likeness (QED) is 0.852. The van der Waals surface area contributed by atoms with E-state index in [0.717, 1.165) is 24.3 Å². The first-order chi connectivity index (χ1) is 10.3. The number of amides is 1. The summed E-state index contributed by atoms with van der Waals surface area (Å²) in [6.45, 7) is 1.74. The minimum Gasteiger partial charge on any atom is -0.488 e. The van der Waals surface area contributed by atoms with Crippen LogP contribution in [-0.4, -0.2) is 28.8 Å². The number of ether oxygens (including phenoxy) is 1. The molecule has 0 aliphatic carbocycles. The van der Waals surface area contributed by atoms with Crippen LogP contribution in [0.3, 0.4) is 0 Å². The van der Waals surface area contributed by atoms with Crippen LogP contribution in [0.2, 0.25) is 0 Å². The molecule has 1 aromatic carbocycles. The minimum absolute atomic E-state index is 0.0648. The average molecular weight is 283 g/mol. The van der Waals surface area contributed by atoms with Crippen LogP contribution in [0, 0.1) is 0 Å². The van der Waals surface area contributed by atoms with Crippen molar-refractivity contribution in [1.82, 2.24) is 15.1 Å². The molecule has 2 aromatic rings. The molecule has 1 aliphatic heterocycles. The second kappa shape index (κ2) is 6.26. The zero-order valence-corrected chi connectivity index (χ0v) is 11.7. The molecule has 5 nitrogen and oxygen atoms in total. The molecular formula is C16H17N3O2. The average Bonchev–Trinajstić information content (AvgIpc) is 3.04. The van der Waals surface area contributed by atoms with Gasteiger partial charge >= 0.3 is 0 Å². The van der Waals surface area contributed by atoms with Gasteiger partial charge in [0.2, 0.25) is 0 Å². The van der Waals surface area contributed by atoms with E-state index in [9.17, 15) is 4.79 Å². The Labute approximate surface area is 123 Å². The van der Waals surface area contributed by atoms with Crippen molar-refractivity contribution < 1.29 is 9.53 Å². The molecule has 0 radical (unpaired) electrons. The molecule has 21 heavy (non-hydrogen) atoms. The number of carbonyl (C=O) groups excluding carboxylic acids is 1. The van der Waals surface area contributed by atoms with Crippen LogP contribution in [0.5, 0.6) is 5.75 Å². The van der Waals surface area contributed by atoms with Gasteiger partial charge < -0.3 is 10.1 Å². The van der Waals surface area contributed by atoms with E-state index in [1.807, 2.05) is 47.3 Å². The summed E-state index contributed by atoms with van der Waals surface area (Å²) in [5.74, 6) is 0.762. The van der Waals surface area contributed by atoms with Crippen molar-refractivity contribution in [2.45, 2.75) is 13.0 Å². The van der Waals surface area contributed by atoms with Gasteiger partial charge in [-0.15, -0.1) is 0 Å². The number of aromatic nitrogens is 2. The Bertz CT molecular complexity index is 647. The van der Waals surface area contributed by atoms with E-state index < -0.39 is 0 Å². The molecule has 0 atom stereocenters. The highest BCUT2D eigenvalue weighted by molar-refractivity contribution is 5.99. The Morgan fingerprint density at radius 3 is 3.10 bits per heavy atom. The summed E-state index contributed by atoms with van der Waals surface area (Å²) in [6, 6.07) is 9.60. The van der Waals surface area contributed by atoms with Crippen molar-refractivity contribution in [2.24, 2.45) is 0 Å². The molecule has 3 rings (SSSR count). The molecule has 0 saturated heterocycles. The van der Waals surface area contributed by atoms with Gasteiger partial charge in [-0.3, -0.25) is 9.48 Å². The summed E-state index contributed by atoms with van der Waals surface area (Å²) in [5.41, 5.74) is 1.61. The van der Waals surface area contributed by atoms with Gasteiger partial charge in [0.25, 0.3) is 5.91 Å². The SMILES string of the molecule is O=C(NCCCn1cccn1)C1=Cc2ccccc2OC1. The molecule has 0 unspecified atom stereocenters. The normalized spacial score (nSPS) is 13.0. The molecule has 0 spiro atoms. The van der Waals surface area contributed by atoms with Gasteiger partial charge in [0.15, 0.2) is 0 Å². The fraction of sp³-hybridized carbons (Fsp3) is 0.250. The number of para-hydroxylation sites is 1. The first-order valence-electron chi connectivity index (χ1n) is 7.01. The fourth-order valence-electron chi connectivity index (χ4n) is 2.24. The predicted octanol–water partition coefficient (Wildman–Crippen LogP) is 1.87. The summed E-state index contributed by atoms with van der Waals surface area (Å²) in [7, 11) is 0. The molecule has 2 heterocycles. The molecule has 1 aromatic heterocycles. The number of carbonyl (C=O) groups is 1. The van der Waals surface area contributed by atoms with Crippen molar-refractivity contribution in [3.8, 4) is 5.75 Å². The van der Waals surface area contributed by atoms with Gasteiger partial charge in [0, 0.05) is 31.0 Å². The number of fused-ring (bicyclic) bond motifs is 1. The van der Waals surface area contributed by atoms with Crippen molar-refractivity contribution in [2.75, 3.05) is 13.2 Å². The van der Waals surface area contributed by atoms with E-state index in [1.165, 1.54) is 0 Å². The fourth-order valence-corrected chi connectivity index (χ4v) is 2.24. The maximum absolute atomic E-state index is 12.1. The summed E-state index contributed by atoms with van der Waals surface area (Å²) in [4.78, 5) is 12.1. The molecule has 0 fully saturated rings. The van der Waals surface area contributed by atoms with Crippen LogP contribution < -0.4 is 10.1 Å². The number of nitrogens with one attached hydrogen (secondary N) is 1. The summed E-state index contributed by atoms with van der Waals surface area (Å²) < 4.78 is 7.43. The van der Waals surface area contributed by atoms with E-state index in [2.05, 4.69) is 10.4 Å². The standard InChI is InChI=1S/C16H17N3O2/c20-16(17-7-3-9-19-10-4-8-18-19)14-11-13-5-1-2-6-15(13)21-12-14/h1-2,4-6,8,10-11H,3,7,9,12H2,(H,17,20). The van der Waals surface area contributed by atoms with E-state index in [-0.39, 0.29) is 5.91 Å². The largest absolute Gasteiger partial charge is 0.488 e. The van der Waals surface area contributed by atoms with Crippen LogP contribution in [0.25, 0.3) is 6.08 Å². The van der Waals surface area contributed by atoms with Crippen molar-refractivity contribution >= 4 is 12.0 Å². The van der Waals surface area contributed by atoms with E-state index >= 15 is 0 Å². The topological polar surface area (TPSA) is 56.2 Å². The zero-order chi connectivity index (χ0) is 14.5.